The molecule has 2 aromatic carbocycles. The predicted molar refractivity (Wildman–Crippen MR) is 135 cm³/mol. The Labute approximate surface area is 207 Å². The van der Waals surface area contributed by atoms with Gasteiger partial charge in [-0.1, -0.05) is 42.5 Å². The van der Waals surface area contributed by atoms with E-state index in [-0.39, 0.29) is 17.4 Å². The number of carbonyl (C=O) groups is 1. The molecule has 182 valence electrons. The van der Waals surface area contributed by atoms with Gasteiger partial charge < -0.3 is 14.8 Å². The first-order valence-corrected chi connectivity index (χ1v) is 13.0. The zero-order chi connectivity index (χ0) is 23.8. The standard InChI is InChI=1S/C30H34FN3O/c31-27-10-8-23(9-11-27)19-33-12-4-7-28(33)21-34(20-22-5-2-1-3-6-22)29(35)32-30-16-24-13-25(17-30)15-26(14-24)18-30/h1-12,24-26H,13-21H2,(H,32,35). The second kappa shape index (κ2) is 9.18. The highest BCUT2D eigenvalue weighted by atomic mass is 19.1. The first-order chi connectivity index (χ1) is 17.0. The van der Waals surface area contributed by atoms with Gasteiger partial charge in [0.1, 0.15) is 5.82 Å². The van der Waals surface area contributed by atoms with Gasteiger partial charge in [-0.05, 0) is 91.7 Å². The summed E-state index contributed by atoms with van der Waals surface area (Å²) in [6, 6.07) is 21.0. The number of halogens is 1. The van der Waals surface area contributed by atoms with E-state index in [1.807, 2.05) is 47.5 Å². The molecule has 4 fully saturated rings. The minimum Gasteiger partial charge on any atom is -0.345 e. The molecule has 0 spiro atoms. The van der Waals surface area contributed by atoms with Crippen LogP contribution in [0.3, 0.4) is 0 Å². The van der Waals surface area contributed by atoms with Crippen molar-refractivity contribution in [1.29, 1.82) is 0 Å². The smallest absolute Gasteiger partial charge is 0.318 e. The molecule has 0 saturated heterocycles. The highest BCUT2D eigenvalue weighted by Gasteiger charge is 2.51. The number of urea groups is 1. The molecule has 4 nitrogen and oxygen atoms in total. The molecule has 1 N–H and O–H groups in total. The van der Waals surface area contributed by atoms with Crippen molar-refractivity contribution in [2.45, 2.75) is 63.7 Å². The Hall–Kier alpha value is -3.08. The van der Waals surface area contributed by atoms with E-state index in [9.17, 15) is 9.18 Å². The van der Waals surface area contributed by atoms with Crippen LogP contribution in [0, 0.1) is 23.6 Å². The summed E-state index contributed by atoms with van der Waals surface area (Å²) in [6.07, 6.45) is 9.55. The van der Waals surface area contributed by atoms with Crippen LogP contribution in [0.15, 0.2) is 72.9 Å². The van der Waals surface area contributed by atoms with E-state index in [0.29, 0.717) is 19.6 Å². The fourth-order valence-corrected chi connectivity index (χ4v) is 7.30. The Bertz CT molecular complexity index is 1130. The normalized spacial score (nSPS) is 26.6. The van der Waals surface area contributed by atoms with Crippen LogP contribution in [0.2, 0.25) is 0 Å². The molecule has 7 rings (SSSR count). The van der Waals surface area contributed by atoms with Crippen molar-refractivity contribution in [2.24, 2.45) is 17.8 Å². The summed E-state index contributed by atoms with van der Waals surface area (Å²) >= 11 is 0. The first kappa shape index (κ1) is 22.4. The predicted octanol–water partition coefficient (Wildman–Crippen LogP) is 6.36. The third kappa shape index (κ3) is 4.86. The molecule has 4 saturated carbocycles. The van der Waals surface area contributed by atoms with Crippen molar-refractivity contribution in [2.75, 3.05) is 0 Å². The summed E-state index contributed by atoms with van der Waals surface area (Å²) in [7, 11) is 0. The van der Waals surface area contributed by atoms with Crippen molar-refractivity contribution in [3.05, 3.63) is 95.6 Å². The van der Waals surface area contributed by atoms with Crippen molar-refractivity contribution in [3.63, 3.8) is 0 Å². The Balaban J connectivity index is 1.22. The quantitative estimate of drug-likeness (QED) is 0.428. The monoisotopic (exact) mass is 471 g/mol. The van der Waals surface area contributed by atoms with Crippen molar-refractivity contribution in [3.8, 4) is 0 Å². The molecular formula is C30H34FN3O. The summed E-state index contributed by atoms with van der Waals surface area (Å²) in [6.45, 7) is 1.75. The van der Waals surface area contributed by atoms with Gasteiger partial charge in [0.15, 0.2) is 0 Å². The van der Waals surface area contributed by atoms with Gasteiger partial charge in [-0.2, -0.15) is 0 Å². The van der Waals surface area contributed by atoms with E-state index in [0.717, 1.165) is 53.8 Å². The fourth-order valence-electron chi connectivity index (χ4n) is 7.30. The molecule has 0 aliphatic heterocycles. The number of carbonyl (C=O) groups excluding carboxylic acids is 1. The molecule has 4 aliphatic carbocycles. The number of nitrogens with zero attached hydrogens (tertiary/aromatic N) is 2. The number of nitrogens with one attached hydrogen (secondary N) is 1. The van der Waals surface area contributed by atoms with E-state index >= 15 is 0 Å². The van der Waals surface area contributed by atoms with Gasteiger partial charge in [0, 0.05) is 30.5 Å². The van der Waals surface area contributed by atoms with E-state index in [1.165, 1.54) is 31.4 Å². The van der Waals surface area contributed by atoms with Gasteiger partial charge in [0.05, 0.1) is 6.54 Å². The van der Waals surface area contributed by atoms with E-state index in [4.69, 9.17) is 0 Å². The third-order valence-corrected chi connectivity index (χ3v) is 8.46. The minimum absolute atomic E-state index is 0.0170. The molecule has 3 aromatic rings. The maximum atomic E-state index is 13.8. The zero-order valence-corrected chi connectivity index (χ0v) is 20.2. The van der Waals surface area contributed by atoms with Crippen LogP contribution in [0.5, 0.6) is 0 Å². The van der Waals surface area contributed by atoms with Crippen molar-refractivity contribution in [1.82, 2.24) is 14.8 Å². The lowest BCUT2D eigenvalue weighted by Gasteiger charge is -2.57. The van der Waals surface area contributed by atoms with Crippen LogP contribution in [0.1, 0.15) is 55.3 Å². The summed E-state index contributed by atoms with van der Waals surface area (Å²) in [5.41, 5.74) is 3.23. The topological polar surface area (TPSA) is 37.3 Å². The molecular weight excluding hydrogens is 437 g/mol. The molecule has 1 aromatic heterocycles. The second-order valence-corrected chi connectivity index (χ2v) is 11.2. The summed E-state index contributed by atoms with van der Waals surface area (Å²) < 4.78 is 15.5. The molecule has 0 unspecified atom stereocenters. The highest BCUT2D eigenvalue weighted by molar-refractivity contribution is 5.75. The lowest BCUT2D eigenvalue weighted by molar-refractivity contribution is -0.0160. The lowest BCUT2D eigenvalue weighted by atomic mass is 9.53. The average molecular weight is 472 g/mol. The van der Waals surface area contributed by atoms with Gasteiger partial charge >= 0.3 is 6.03 Å². The summed E-state index contributed by atoms with van der Waals surface area (Å²) in [5, 5.41) is 3.57. The van der Waals surface area contributed by atoms with Gasteiger partial charge in [-0.3, -0.25) is 0 Å². The maximum Gasteiger partial charge on any atom is 0.318 e. The van der Waals surface area contributed by atoms with Crippen LogP contribution in [0.4, 0.5) is 9.18 Å². The van der Waals surface area contributed by atoms with Crippen LogP contribution in [-0.2, 0) is 19.6 Å². The molecule has 5 heteroatoms. The van der Waals surface area contributed by atoms with Crippen LogP contribution in [-0.4, -0.2) is 21.0 Å². The number of hydrogen-bond acceptors (Lipinski definition) is 1. The number of rotatable bonds is 7. The molecule has 35 heavy (non-hydrogen) atoms. The molecule has 2 amide bonds. The number of hydrogen-bond donors (Lipinski definition) is 1. The van der Waals surface area contributed by atoms with Crippen LogP contribution >= 0.6 is 0 Å². The average Bonchev–Trinajstić information content (AvgIpc) is 3.26. The van der Waals surface area contributed by atoms with Gasteiger partial charge in [-0.25, -0.2) is 9.18 Å². The van der Waals surface area contributed by atoms with Crippen molar-refractivity contribution < 1.29 is 9.18 Å². The van der Waals surface area contributed by atoms with Crippen LogP contribution < -0.4 is 5.32 Å². The Morgan fingerprint density at radius 2 is 1.51 bits per heavy atom. The SMILES string of the molecule is O=C(NC12CC3CC(CC(C3)C1)C2)N(Cc1ccccc1)Cc1cccn1Cc1ccc(F)cc1. The molecule has 1 heterocycles. The lowest BCUT2D eigenvalue weighted by Crippen LogP contribution is -2.61. The van der Waals surface area contributed by atoms with E-state index in [1.54, 1.807) is 0 Å². The van der Waals surface area contributed by atoms with E-state index in [2.05, 4.69) is 28.1 Å². The Kier molecular flexibility index (Phi) is 5.87. The number of aromatic nitrogens is 1. The second-order valence-electron chi connectivity index (χ2n) is 11.2. The van der Waals surface area contributed by atoms with Crippen molar-refractivity contribution >= 4 is 6.03 Å². The van der Waals surface area contributed by atoms with E-state index < -0.39 is 0 Å². The highest BCUT2D eigenvalue weighted by Crippen LogP contribution is 2.55. The first-order valence-electron chi connectivity index (χ1n) is 13.0. The zero-order valence-electron chi connectivity index (χ0n) is 20.2. The molecule has 4 bridgehead atoms. The Morgan fingerprint density at radius 3 is 2.17 bits per heavy atom. The number of amides is 2. The summed E-state index contributed by atoms with van der Waals surface area (Å²) in [4.78, 5) is 15.8. The molecule has 0 atom stereocenters. The Morgan fingerprint density at radius 1 is 0.857 bits per heavy atom. The maximum absolute atomic E-state index is 13.8. The number of benzene rings is 2. The van der Waals surface area contributed by atoms with Gasteiger partial charge in [-0.15, -0.1) is 0 Å². The summed E-state index contributed by atoms with van der Waals surface area (Å²) in [5.74, 6) is 2.14. The third-order valence-electron chi connectivity index (χ3n) is 8.46. The fraction of sp³-hybridized carbons (Fsp3) is 0.433. The van der Waals surface area contributed by atoms with Crippen LogP contribution in [0.25, 0.3) is 0 Å². The van der Waals surface area contributed by atoms with Gasteiger partial charge in [0.25, 0.3) is 0 Å². The minimum atomic E-state index is -0.225. The largest absolute Gasteiger partial charge is 0.345 e. The molecule has 0 radical (unpaired) electrons. The van der Waals surface area contributed by atoms with Gasteiger partial charge in [0.2, 0.25) is 0 Å². The molecule has 4 aliphatic rings.